The molecule has 0 bridgehead atoms. The summed E-state index contributed by atoms with van der Waals surface area (Å²) in [6, 6.07) is 11.9. The molecule has 3 rings (SSSR count). The fourth-order valence-corrected chi connectivity index (χ4v) is 2.64. The third-order valence-electron chi connectivity index (χ3n) is 3.81. The van der Waals surface area contributed by atoms with Crippen LogP contribution in [0.15, 0.2) is 42.6 Å². The van der Waals surface area contributed by atoms with Crippen molar-refractivity contribution in [3.8, 4) is 5.75 Å². The van der Waals surface area contributed by atoms with E-state index in [1.807, 2.05) is 30.5 Å². The van der Waals surface area contributed by atoms with Crippen LogP contribution in [-0.4, -0.2) is 38.3 Å². The highest BCUT2D eigenvalue weighted by Crippen LogP contribution is 2.26. The van der Waals surface area contributed by atoms with Crippen molar-refractivity contribution in [1.82, 2.24) is 4.98 Å². The lowest BCUT2D eigenvalue weighted by atomic mass is 10.2. The van der Waals surface area contributed by atoms with E-state index in [0.29, 0.717) is 0 Å². The summed E-state index contributed by atoms with van der Waals surface area (Å²) >= 11 is 0. The first kappa shape index (κ1) is 13.5. The number of nitrogens with zero attached hydrogens (tertiary/aromatic N) is 3. The Hall–Kier alpha value is -2.43. The van der Waals surface area contributed by atoms with Crippen LogP contribution in [0.3, 0.4) is 0 Å². The molecule has 21 heavy (non-hydrogen) atoms. The minimum absolute atomic E-state index is 0.801. The normalized spacial score (nSPS) is 15.1. The van der Waals surface area contributed by atoms with E-state index in [-0.39, 0.29) is 0 Å². The Morgan fingerprint density at radius 2 is 1.67 bits per heavy atom. The molecule has 0 saturated carbocycles. The minimum Gasteiger partial charge on any atom is -0.493 e. The van der Waals surface area contributed by atoms with E-state index in [1.165, 1.54) is 5.69 Å². The highest BCUT2D eigenvalue weighted by molar-refractivity contribution is 5.56. The predicted molar refractivity (Wildman–Crippen MR) is 86.1 cm³/mol. The van der Waals surface area contributed by atoms with Crippen molar-refractivity contribution in [2.75, 3.05) is 48.8 Å². The van der Waals surface area contributed by atoms with Gasteiger partial charge < -0.3 is 20.3 Å². The number of benzene rings is 1. The second-order valence-electron chi connectivity index (χ2n) is 5.09. The first-order chi connectivity index (χ1) is 10.3. The van der Waals surface area contributed by atoms with Gasteiger partial charge in [0.1, 0.15) is 0 Å². The molecule has 0 unspecified atom stereocenters. The second-order valence-corrected chi connectivity index (χ2v) is 5.09. The van der Waals surface area contributed by atoms with Crippen molar-refractivity contribution in [2.45, 2.75) is 0 Å². The van der Waals surface area contributed by atoms with E-state index in [0.717, 1.165) is 43.4 Å². The standard InChI is InChI=1S/C16H20N4O/c1-21-15-3-2-8-18-16(15)20-11-9-19(10-12-20)14-6-4-13(17)5-7-14/h2-8H,9-12,17H2,1H3. The number of ether oxygens (including phenoxy) is 1. The molecule has 1 saturated heterocycles. The maximum absolute atomic E-state index is 5.74. The minimum atomic E-state index is 0.801. The maximum Gasteiger partial charge on any atom is 0.171 e. The number of hydrogen-bond donors (Lipinski definition) is 1. The summed E-state index contributed by atoms with van der Waals surface area (Å²) in [5.41, 5.74) is 7.76. The molecule has 1 aromatic carbocycles. The Balaban J connectivity index is 1.69. The average Bonchev–Trinajstić information content (AvgIpc) is 2.56. The largest absolute Gasteiger partial charge is 0.493 e. The van der Waals surface area contributed by atoms with Crippen molar-refractivity contribution in [3.63, 3.8) is 0 Å². The van der Waals surface area contributed by atoms with Crippen molar-refractivity contribution in [1.29, 1.82) is 0 Å². The van der Waals surface area contributed by atoms with Crippen LogP contribution >= 0.6 is 0 Å². The van der Waals surface area contributed by atoms with Gasteiger partial charge >= 0.3 is 0 Å². The van der Waals surface area contributed by atoms with Crippen LogP contribution < -0.4 is 20.3 Å². The van der Waals surface area contributed by atoms with Crippen LogP contribution in [0.1, 0.15) is 0 Å². The number of hydrogen-bond acceptors (Lipinski definition) is 5. The van der Waals surface area contributed by atoms with Crippen LogP contribution in [0.25, 0.3) is 0 Å². The predicted octanol–water partition coefficient (Wildman–Crippen LogP) is 2.00. The Morgan fingerprint density at radius 1 is 1.00 bits per heavy atom. The first-order valence-electron chi connectivity index (χ1n) is 7.12. The maximum atomic E-state index is 5.74. The zero-order valence-electron chi connectivity index (χ0n) is 12.2. The molecule has 2 aromatic rings. The van der Waals surface area contributed by atoms with Gasteiger partial charge in [-0.3, -0.25) is 0 Å². The van der Waals surface area contributed by atoms with Gasteiger partial charge in [-0.2, -0.15) is 0 Å². The molecule has 1 aliphatic rings. The lowest BCUT2D eigenvalue weighted by Crippen LogP contribution is -2.46. The zero-order valence-corrected chi connectivity index (χ0v) is 12.2. The summed E-state index contributed by atoms with van der Waals surface area (Å²) in [6.07, 6.45) is 1.81. The van der Waals surface area contributed by atoms with Crippen LogP contribution in [0.4, 0.5) is 17.2 Å². The number of aromatic nitrogens is 1. The highest BCUT2D eigenvalue weighted by atomic mass is 16.5. The summed E-state index contributed by atoms with van der Waals surface area (Å²) < 4.78 is 5.39. The number of rotatable bonds is 3. The van der Waals surface area contributed by atoms with Crippen molar-refractivity contribution in [3.05, 3.63) is 42.6 Å². The number of anilines is 3. The third-order valence-corrected chi connectivity index (χ3v) is 3.81. The van der Waals surface area contributed by atoms with Gasteiger partial charge in [0.2, 0.25) is 0 Å². The molecule has 1 aromatic heterocycles. The Labute approximate surface area is 125 Å². The summed E-state index contributed by atoms with van der Waals surface area (Å²) in [5.74, 6) is 1.76. The molecule has 0 aliphatic carbocycles. The Kier molecular flexibility index (Phi) is 3.81. The van der Waals surface area contributed by atoms with Gasteiger partial charge in [0.05, 0.1) is 7.11 Å². The van der Waals surface area contributed by atoms with Gasteiger partial charge in [0, 0.05) is 43.8 Å². The molecule has 0 atom stereocenters. The monoisotopic (exact) mass is 284 g/mol. The van der Waals surface area contributed by atoms with Gasteiger partial charge in [-0.25, -0.2) is 4.98 Å². The Bertz CT molecular complexity index is 591. The van der Waals surface area contributed by atoms with E-state index < -0.39 is 0 Å². The zero-order chi connectivity index (χ0) is 14.7. The quantitative estimate of drug-likeness (QED) is 0.874. The highest BCUT2D eigenvalue weighted by Gasteiger charge is 2.20. The van der Waals surface area contributed by atoms with Gasteiger partial charge in [-0.15, -0.1) is 0 Å². The lowest BCUT2D eigenvalue weighted by Gasteiger charge is -2.37. The fraction of sp³-hybridized carbons (Fsp3) is 0.312. The molecule has 110 valence electrons. The molecule has 0 radical (unpaired) electrons. The summed E-state index contributed by atoms with van der Waals surface area (Å²) in [4.78, 5) is 9.09. The summed E-state index contributed by atoms with van der Waals surface area (Å²) in [6.45, 7) is 3.78. The van der Waals surface area contributed by atoms with Crippen molar-refractivity contribution in [2.24, 2.45) is 0 Å². The van der Waals surface area contributed by atoms with Gasteiger partial charge in [-0.1, -0.05) is 0 Å². The van der Waals surface area contributed by atoms with E-state index in [9.17, 15) is 0 Å². The SMILES string of the molecule is COc1cccnc1N1CCN(c2ccc(N)cc2)CC1. The first-order valence-corrected chi connectivity index (χ1v) is 7.12. The van der Waals surface area contributed by atoms with Crippen LogP contribution in [0.2, 0.25) is 0 Å². The van der Waals surface area contributed by atoms with Gasteiger partial charge in [-0.05, 0) is 36.4 Å². The van der Waals surface area contributed by atoms with E-state index in [4.69, 9.17) is 10.5 Å². The smallest absolute Gasteiger partial charge is 0.171 e. The second kappa shape index (κ2) is 5.91. The summed E-state index contributed by atoms with van der Waals surface area (Å²) in [5, 5.41) is 0. The third kappa shape index (κ3) is 2.86. The number of nitrogens with two attached hydrogens (primary N) is 1. The Morgan fingerprint density at radius 3 is 2.33 bits per heavy atom. The molecule has 1 fully saturated rings. The van der Waals surface area contributed by atoms with Gasteiger partial charge in [0.15, 0.2) is 11.6 Å². The lowest BCUT2D eigenvalue weighted by molar-refractivity contribution is 0.411. The van der Waals surface area contributed by atoms with E-state index >= 15 is 0 Å². The molecule has 0 amide bonds. The fourth-order valence-electron chi connectivity index (χ4n) is 2.64. The van der Waals surface area contributed by atoms with Crippen LogP contribution in [-0.2, 0) is 0 Å². The molecule has 2 N–H and O–H groups in total. The molecule has 0 spiro atoms. The molecule has 5 heteroatoms. The van der Waals surface area contributed by atoms with Crippen molar-refractivity contribution >= 4 is 17.2 Å². The number of pyridine rings is 1. The van der Waals surface area contributed by atoms with Crippen LogP contribution in [0, 0.1) is 0 Å². The van der Waals surface area contributed by atoms with Gasteiger partial charge in [0.25, 0.3) is 0 Å². The van der Waals surface area contributed by atoms with E-state index in [2.05, 4.69) is 26.9 Å². The number of methoxy groups -OCH3 is 1. The molecule has 1 aliphatic heterocycles. The molecule has 5 nitrogen and oxygen atoms in total. The van der Waals surface area contributed by atoms with E-state index in [1.54, 1.807) is 7.11 Å². The number of piperazine rings is 1. The topological polar surface area (TPSA) is 54.6 Å². The molecular formula is C16H20N4O. The molecular weight excluding hydrogens is 264 g/mol. The average molecular weight is 284 g/mol. The summed E-state index contributed by atoms with van der Waals surface area (Å²) in [7, 11) is 1.69. The van der Waals surface area contributed by atoms with Crippen molar-refractivity contribution < 1.29 is 4.74 Å². The number of nitrogen functional groups attached to an aromatic ring is 1. The van der Waals surface area contributed by atoms with Crippen LogP contribution in [0.5, 0.6) is 5.75 Å². The molecule has 2 heterocycles.